The van der Waals surface area contributed by atoms with E-state index < -0.39 is 10.0 Å². The molecule has 0 spiro atoms. The second-order valence-corrected chi connectivity index (χ2v) is 8.54. The summed E-state index contributed by atoms with van der Waals surface area (Å²) >= 11 is 0. The van der Waals surface area contributed by atoms with Crippen molar-refractivity contribution in [3.8, 4) is 23.1 Å². The SMILES string of the molecule is CCS(=O)(=O)N(Cc1ccc(OC)nc1)c1ccc(Oc2ccccc2OC)cc1. The van der Waals surface area contributed by atoms with E-state index in [0.29, 0.717) is 28.8 Å². The van der Waals surface area contributed by atoms with Gasteiger partial charge in [-0.2, -0.15) is 0 Å². The van der Waals surface area contributed by atoms with Crippen molar-refractivity contribution < 1.29 is 22.6 Å². The Kier molecular flexibility index (Phi) is 6.79. The Labute approximate surface area is 176 Å². The van der Waals surface area contributed by atoms with Gasteiger partial charge in [0.1, 0.15) is 5.75 Å². The third-order valence-electron chi connectivity index (χ3n) is 4.46. The van der Waals surface area contributed by atoms with Gasteiger partial charge in [0.05, 0.1) is 32.2 Å². The molecule has 3 aromatic rings. The summed E-state index contributed by atoms with van der Waals surface area (Å²) in [6.45, 7) is 1.79. The van der Waals surface area contributed by atoms with Gasteiger partial charge in [-0.15, -0.1) is 0 Å². The fraction of sp³-hybridized carbons (Fsp3) is 0.227. The Bertz CT molecular complexity index is 1070. The van der Waals surface area contributed by atoms with Crippen LogP contribution in [0.15, 0.2) is 66.9 Å². The first-order valence-corrected chi connectivity index (χ1v) is 11.0. The molecule has 2 aromatic carbocycles. The summed E-state index contributed by atoms with van der Waals surface area (Å²) in [7, 11) is -0.388. The molecule has 0 amide bonds. The molecule has 0 saturated carbocycles. The summed E-state index contributed by atoms with van der Waals surface area (Å²) in [4.78, 5) is 4.15. The van der Waals surface area contributed by atoms with Gasteiger partial charge in [-0.05, 0) is 48.9 Å². The number of hydrogen-bond acceptors (Lipinski definition) is 6. The van der Waals surface area contributed by atoms with Gasteiger partial charge in [-0.3, -0.25) is 4.31 Å². The van der Waals surface area contributed by atoms with Crippen LogP contribution in [-0.2, 0) is 16.6 Å². The lowest BCUT2D eigenvalue weighted by Gasteiger charge is -2.24. The lowest BCUT2D eigenvalue weighted by molar-refractivity contribution is 0.379. The van der Waals surface area contributed by atoms with E-state index in [4.69, 9.17) is 14.2 Å². The molecular weight excluding hydrogens is 404 g/mol. The fourth-order valence-corrected chi connectivity index (χ4v) is 3.91. The largest absolute Gasteiger partial charge is 0.493 e. The highest BCUT2D eigenvalue weighted by Crippen LogP contribution is 2.32. The van der Waals surface area contributed by atoms with Crippen molar-refractivity contribution in [2.45, 2.75) is 13.5 Å². The van der Waals surface area contributed by atoms with Crippen LogP contribution in [0.25, 0.3) is 0 Å². The Morgan fingerprint density at radius 3 is 2.17 bits per heavy atom. The van der Waals surface area contributed by atoms with Crippen molar-refractivity contribution >= 4 is 15.7 Å². The van der Waals surface area contributed by atoms with Gasteiger partial charge in [0, 0.05) is 12.3 Å². The predicted molar refractivity (Wildman–Crippen MR) is 116 cm³/mol. The molecule has 30 heavy (non-hydrogen) atoms. The monoisotopic (exact) mass is 428 g/mol. The number of sulfonamides is 1. The minimum absolute atomic E-state index is 0.0178. The van der Waals surface area contributed by atoms with Crippen molar-refractivity contribution in [3.05, 3.63) is 72.4 Å². The minimum Gasteiger partial charge on any atom is -0.493 e. The molecule has 0 aliphatic heterocycles. The van der Waals surface area contributed by atoms with E-state index in [-0.39, 0.29) is 12.3 Å². The molecule has 0 radical (unpaired) electrons. The Balaban J connectivity index is 1.84. The van der Waals surface area contributed by atoms with Crippen LogP contribution in [0.3, 0.4) is 0 Å². The number of pyridine rings is 1. The number of aromatic nitrogens is 1. The highest BCUT2D eigenvalue weighted by Gasteiger charge is 2.21. The van der Waals surface area contributed by atoms with Crippen molar-refractivity contribution in [3.63, 3.8) is 0 Å². The number of hydrogen-bond donors (Lipinski definition) is 0. The van der Waals surface area contributed by atoms with E-state index in [9.17, 15) is 8.42 Å². The maximum atomic E-state index is 12.7. The van der Waals surface area contributed by atoms with Gasteiger partial charge >= 0.3 is 0 Å². The first-order valence-electron chi connectivity index (χ1n) is 9.37. The van der Waals surface area contributed by atoms with Gasteiger partial charge in [0.2, 0.25) is 15.9 Å². The number of ether oxygens (including phenoxy) is 3. The van der Waals surface area contributed by atoms with E-state index in [1.54, 1.807) is 62.7 Å². The minimum atomic E-state index is -3.50. The number of rotatable bonds is 9. The molecule has 7 nitrogen and oxygen atoms in total. The molecule has 0 saturated heterocycles. The van der Waals surface area contributed by atoms with E-state index in [1.807, 2.05) is 18.2 Å². The van der Waals surface area contributed by atoms with E-state index in [0.717, 1.165) is 5.56 Å². The second kappa shape index (κ2) is 9.49. The fourth-order valence-electron chi connectivity index (χ4n) is 2.81. The quantitative estimate of drug-likeness (QED) is 0.507. The van der Waals surface area contributed by atoms with Crippen LogP contribution >= 0.6 is 0 Å². The Hall–Kier alpha value is -3.26. The maximum absolute atomic E-state index is 12.7. The van der Waals surface area contributed by atoms with Crippen LogP contribution in [-0.4, -0.2) is 33.4 Å². The van der Waals surface area contributed by atoms with E-state index in [2.05, 4.69) is 4.98 Å². The molecule has 0 aliphatic carbocycles. The number of para-hydroxylation sites is 2. The molecule has 1 aromatic heterocycles. The molecule has 0 bridgehead atoms. The standard InChI is InChI=1S/C22H24N2O5S/c1-4-30(25,26)24(16-17-9-14-22(28-3)23-15-17)18-10-12-19(13-11-18)29-21-8-6-5-7-20(21)27-2/h5-15H,4,16H2,1-3H3. The highest BCUT2D eigenvalue weighted by atomic mass is 32.2. The average molecular weight is 429 g/mol. The van der Waals surface area contributed by atoms with Gasteiger partial charge in [0.25, 0.3) is 0 Å². The molecule has 0 fully saturated rings. The van der Waals surface area contributed by atoms with E-state index in [1.165, 1.54) is 11.4 Å². The predicted octanol–water partition coefficient (Wildman–Crippen LogP) is 4.25. The number of methoxy groups -OCH3 is 2. The van der Waals surface area contributed by atoms with Crippen molar-refractivity contribution in [2.24, 2.45) is 0 Å². The van der Waals surface area contributed by atoms with Gasteiger partial charge in [-0.25, -0.2) is 13.4 Å². The van der Waals surface area contributed by atoms with Gasteiger partial charge < -0.3 is 14.2 Å². The molecule has 0 aliphatic rings. The average Bonchev–Trinajstić information content (AvgIpc) is 2.79. The molecule has 158 valence electrons. The summed E-state index contributed by atoms with van der Waals surface area (Å²) in [5.41, 5.74) is 1.29. The maximum Gasteiger partial charge on any atom is 0.235 e. The first-order chi connectivity index (χ1) is 14.5. The summed E-state index contributed by atoms with van der Waals surface area (Å²) in [6.07, 6.45) is 1.61. The summed E-state index contributed by atoms with van der Waals surface area (Å²) in [5.74, 6) is 2.22. The topological polar surface area (TPSA) is 78.0 Å². The van der Waals surface area contributed by atoms with Crippen LogP contribution in [0.4, 0.5) is 5.69 Å². The number of benzene rings is 2. The van der Waals surface area contributed by atoms with Crippen molar-refractivity contribution in [2.75, 3.05) is 24.3 Å². The normalized spacial score (nSPS) is 11.0. The lowest BCUT2D eigenvalue weighted by Crippen LogP contribution is -2.31. The highest BCUT2D eigenvalue weighted by molar-refractivity contribution is 7.92. The van der Waals surface area contributed by atoms with Crippen LogP contribution in [0, 0.1) is 0 Å². The van der Waals surface area contributed by atoms with Crippen LogP contribution in [0.5, 0.6) is 23.1 Å². The third-order valence-corrected chi connectivity index (χ3v) is 6.20. The summed E-state index contributed by atoms with van der Waals surface area (Å²) < 4.78 is 43.0. The van der Waals surface area contributed by atoms with Gasteiger partial charge in [-0.1, -0.05) is 18.2 Å². The van der Waals surface area contributed by atoms with Crippen molar-refractivity contribution in [1.82, 2.24) is 4.98 Å². The first kappa shape index (κ1) is 21.4. The molecule has 0 N–H and O–H groups in total. The van der Waals surface area contributed by atoms with E-state index >= 15 is 0 Å². The Morgan fingerprint density at radius 1 is 0.900 bits per heavy atom. The molecular formula is C22H24N2O5S. The van der Waals surface area contributed by atoms with Crippen LogP contribution < -0.4 is 18.5 Å². The lowest BCUT2D eigenvalue weighted by atomic mass is 10.2. The summed E-state index contributed by atoms with van der Waals surface area (Å²) in [5, 5.41) is 0. The Morgan fingerprint density at radius 2 is 1.60 bits per heavy atom. The zero-order valence-corrected chi connectivity index (χ0v) is 17.9. The number of anilines is 1. The molecule has 0 unspecified atom stereocenters. The molecule has 0 atom stereocenters. The molecule has 8 heteroatoms. The van der Waals surface area contributed by atoms with Gasteiger partial charge in [0.15, 0.2) is 11.5 Å². The zero-order valence-electron chi connectivity index (χ0n) is 17.1. The number of nitrogens with zero attached hydrogens (tertiary/aromatic N) is 2. The van der Waals surface area contributed by atoms with Crippen molar-refractivity contribution in [1.29, 1.82) is 0 Å². The second-order valence-electron chi connectivity index (χ2n) is 6.36. The van der Waals surface area contributed by atoms with Crippen LogP contribution in [0.1, 0.15) is 12.5 Å². The third kappa shape index (κ3) is 5.01. The molecule has 1 heterocycles. The zero-order chi connectivity index (χ0) is 21.6. The van der Waals surface area contributed by atoms with Crippen LogP contribution in [0.2, 0.25) is 0 Å². The molecule has 3 rings (SSSR count). The smallest absolute Gasteiger partial charge is 0.235 e. The summed E-state index contributed by atoms with van der Waals surface area (Å²) in [6, 6.07) is 17.7.